The van der Waals surface area contributed by atoms with Gasteiger partial charge in [0.15, 0.2) is 0 Å². The van der Waals surface area contributed by atoms with Gasteiger partial charge in [0.2, 0.25) is 0 Å². The van der Waals surface area contributed by atoms with Crippen molar-refractivity contribution in [3.63, 3.8) is 0 Å². The first-order valence-corrected chi connectivity index (χ1v) is 4.51. The standard InChI is InChI=1S/C11H14N2O/c1-7(2)14-11-5-9(6-12)10(13)4-8(11)3/h4-5,7H,13H2,1-3H3. The third-order valence-electron chi connectivity index (χ3n) is 1.83. The zero-order valence-corrected chi connectivity index (χ0v) is 8.66. The van der Waals surface area contributed by atoms with Crippen LogP contribution in [0.4, 0.5) is 5.69 Å². The van der Waals surface area contributed by atoms with Gasteiger partial charge in [0.1, 0.15) is 11.8 Å². The van der Waals surface area contributed by atoms with Crippen LogP contribution in [0.1, 0.15) is 25.0 Å². The van der Waals surface area contributed by atoms with Crippen molar-refractivity contribution in [1.82, 2.24) is 0 Å². The van der Waals surface area contributed by atoms with Crippen LogP contribution in [-0.4, -0.2) is 6.10 Å². The topological polar surface area (TPSA) is 59.0 Å². The van der Waals surface area contributed by atoms with Gasteiger partial charge in [-0.25, -0.2) is 0 Å². The Morgan fingerprint density at radius 3 is 2.57 bits per heavy atom. The Bertz CT molecular complexity index is 378. The Morgan fingerprint density at radius 2 is 2.07 bits per heavy atom. The lowest BCUT2D eigenvalue weighted by Crippen LogP contribution is -2.07. The summed E-state index contributed by atoms with van der Waals surface area (Å²) in [5.74, 6) is 0.728. The Hall–Kier alpha value is -1.69. The van der Waals surface area contributed by atoms with Crippen molar-refractivity contribution in [1.29, 1.82) is 5.26 Å². The number of rotatable bonds is 2. The number of nitrogens with two attached hydrogens (primary N) is 1. The molecule has 0 unspecified atom stereocenters. The Morgan fingerprint density at radius 1 is 1.43 bits per heavy atom. The molecule has 74 valence electrons. The summed E-state index contributed by atoms with van der Waals surface area (Å²) in [7, 11) is 0. The van der Waals surface area contributed by atoms with Crippen LogP contribution in [0, 0.1) is 18.3 Å². The van der Waals surface area contributed by atoms with Gasteiger partial charge in [0.05, 0.1) is 11.7 Å². The normalized spacial score (nSPS) is 9.93. The minimum absolute atomic E-state index is 0.101. The number of benzene rings is 1. The molecule has 0 saturated carbocycles. The second-order valence-corrected chi connectivity index (χ2v) is 3.48. The number of aryl methyl sites for hydroxylation is 1. The summed E-state index contributed by atoms with van der Waals surface area (Å²) in [5.41, 5.74) is 7.57. The van der Waals surface area contributed by atoms with Crippen LogP contribution in [0.25, 0.3) is 0 Å². The average molecular weight is 190 g/mol. The first-order valence-electron chi connectivity index (χ1n) is 4.51. The van der Waals surface area contributed by atoms with Crippen LogP contribution in [-0.2, 0) is 0 Å². The maximum absolute atomic E-state index is 8.78. The van der Waals surface area contributed by atoms with E-state index in [2.05, 4.69) is 0 Å². The Labute approximate surface area is 84.1 Å². The van der Waals surface area contributed by atoms with Crippen LogP contribution < -0.4 is 10.5 Å². The molecule has 0 aliphatic carbocycles. The van der Waals surface area contributed by atoms with E-state index >= 15 is 0 Å². The van der Waals surface area contributed by atoms with Crippen molar-refractivity contribution in [3.05, 3.63) is 23.3 Å². The van der Waals surface area contributed by atoms with E-state index in [1.807, 2.05) is 26.8 Å². The second kappa shape index (κ2) is 4.01. The Kier molecular flexibility index (Phi) is 2.98. The van der Waals surface area contributed by atoms with Gasteiger partial charge in [-0.05, 0) is 32.4 Å². The summed E-state index contributed by atoms with van der Waals surface area (Å²) >= 11 is 0. The summed E-state index contributed by atoms with van der Waals surface area (Å²) in [5, 5.41) is 8.78. The largest absolute Gasteiger partial charge is 0.491 e. The maximum atomic E-state index is 8.78. The second-order valence-electron chi connectivity index (χ2n) is 3.48. The first-order chi connectivity index (χ1) is 6.54. The van der Waals surface area contributed by atoms with Crippen LogP contribution in [0.3, 0.4) is 0 Å². The van der Waals surface area contributed by atoms with Crippen molar-refractivity contribution < 1.29 is 4.74 Å². The third-order valence-corrected chi connectivity index (χ3v) is 1.83. The highest BCUT2D eigenvalue weighted by Gasteiger charge is 2.06. The lowest BCUT2D eigenvalue weighted by Gasteiger charge is -2.13. The van der Waals surface area contributed by atoms with Crippen molar-refractivity contribution in [2.75, 3.05) is 5.73 Å². The van der Waals surface area contributed by atoms with Gasteiger partial charge in [0.25, 0.3) is 0 Å². The minimum atomic E-state index is 0.101. The molecular formula is C11H14N2O. The molecule has 1 rings (SSSR count). The molecule has 0 spiro atoms. The van der Waals surface area contributed by atoms with Gasteiger partial charge in [-0.1, -0.05) is 0 Å². The summed E-state index contributed by atoms with van der Waals surface area (Å²) < 4.78 is 5.54. The molecule has 0 aromatic heterocycles. The highest BCUT2D eigenvalue weighted by molar-refractivity contribution is 5.59. The fourth-order valence-corrected chi connectivity index (χ4v) is 1.19. The molecule has 1 aromatic carbocycles. The van der Waals surface area contributed by atoms with Crippen LogP contribution in [0.2, 0.25) is 0 Å². The van der Waals surface area contributed by atoms with Crippen LogP contribution >= 0.6 is 0 Å². The monoisotopic (exact) mass is 190 g/mol. The molecular weight excluding hydrogens is 176 g/mol. The van der Waals surface area contributed by atoms with Crippen molar-refractivity contribution in [3.8, 4) is 11.8 Å². The molecule has 0 bridgehead atoms. The summed E-state index contributed by atoms with van der Waals surface area (Å²) in [6.07, 6.45) is 0.101. The smallest absolute Gasteiger partial charge is 0.124 e. The van der Waals surface area contributed by atoms with E-state index in [1.165, 1.54) is 0 Å². The van der Waals surface area contributed by atoms with E-state index in [9.17, 15) is 0 Å². The van der Waals surface area contributed by atoms with Gasteiger partial charge in [-0.15, -0.1) is 0 Å². The fraction of sp³-hybridized carbons (Fsp3) is 0.364. The molecule has 3 heteroatoms. The average Bonchev–Trinajstić information content (AvgIpc) is 2.09. The lowest BCUT2D eigenvalue weighted by atomic mass is 10.1. The SMILES string of the molecule is Cc1cc(N)c(C#N)cc1OC(C)C. The zero-order valence-electron chi connectivity index (χ0n) is 8.66. The number of hydrogen-bond donors (Lipinski definition) is 1. The molecule has 2 N–H and O–H groups in total. The molecule has 14 heavy (non-hydrogen) atoms. The highest BCUT2D eigenvalue weighted by atomic mass is 16.5. The lowest BCUT2D eigenvalue weighted by molar-refractivity contribution is 0.241. The van der Waals surface area contributed by atoms with Gasteiger partial charge < -0.3 is 10.5 Å². The van der Waals surface area contributed by atoms with Crippen molar-refractivity contribution in [2.24, 2.45) is 0 Å². The molecule has 1 aromatic rings. The minimum Gasteiger partial charge on any atom is -0.491 e. The molecule has 0 radical (unpaired) electrons. The highest BCUT2D eigenvalue weighted by Crippen LogP contribution is 2.25. The molecule has 0 atom stereocenters. The molecule has 0 amide bonds. The summed E-state index contributed by atoms with van der Waals surface area (Å²) in [6.45, 7) is 5.80. The number of anilines is 1. The van der Waals surface area contributed by atoms with Gasteiger partial charge >= 0.3 is 0 Å². The molecule has 0 saturated heterocycles. The number of nitrogens with zero attached hydrogens (tertiary/aromatic N) is 1. The number of nitrogen functional groups attached to an aromatic ring is 1. The Balaban J connectivity index is 3.12. The zero-order chi connectivity index (χ0) is 10.7. The molecule has 3 nitrogen and oxygen atoms in total. The molecule has 0 aliphatic heterocycles. The molecule has 0 heterocycles. The summed E-state index contributed by atoms with van der Waals surface area (Å²) in [4.78, 5) is 0. The number of hydrogen-bond acceptors (Lipinski definition) is 3. The molecule has 0 fully saturated rings. The fourth-order valence-electron chi connectivity index (χ4n) is 1.19. The predicted molar refractivity (Wildman–Crippen MR) is 56.1 cm³/mol. The quantitative estimate of drug-likeness (QED) is 0.727. The van der Waals surface area contributed by atoms with Gasteiger partial charge in [-0.3, -0.25) is 0 Å². The van der Waals surface area contributed by atoms with E-state index in [0.29, 0.717) is 11.3 Å². The van der Waals surface area contributed by atoms with Crippen molar-refractivity contribution in [2.45, 2.75) is 26.9 Å². The van der Waals surface area contributed by atoms with E-state index in [-0.39, 0.29) is 6.10 Å². The van der Waals surface area contributed by atoms with E-state index in [1.54, 1.807) is 12.1 Å². The predicted octanol–water partition coefficient (Wildman–Crippen LogP) is 2.24. The third kappa shape index (κ3) is 2.17. The maximum Gasteiger partial charge on any atom is 0.124 e. The molecule has 0 aliphatic rings. The van der Waals surface area contributed by atoms with Gasteiger partial charge in [-0.2, -0.15) is 5.26 Å². The number of ether oxygens (including phenoxy) is 1. The van der Waals surface area contributed by atoms with Crippen LogP contribution in [0.5, 0.6) is 5.75 Å². The number of nitriles is 1. The van der Waals surface area contributed by atoms with E-state index in [0.717, 1.165) is 11.3 Å². The summed E-state index contributed by atoms with van der Waals surface area (Å²) in [6, 6.07) is 5.48. The van der Waals surface area contributed by atoms with Crippen molar-refractivity contribution >= 4 is 5.69 Å². The van der Waals surface area contributed by atoms with E-state index in [4.69, 9.17) is 15.7 Å². The van der Waals surface area contributed by atoms with Crippen LogP contribution in [0.15, 0.2) is 12.1 Å². The van der Waals surface area contributed by atoms with Gasteiger partial charge in [0, 0.05) is 11.8 Å². The first kappa shape index (κ1) is 10.4. The van der Waals surface area contributed by atoms with E-state index < -0.39 is 0 Å².